The lowest BCUT2D eigenvalue weighted by atomic mass is 9.93. The molecule has 0 saturated carbocycles. The first kappa shape index (κ1) is 27.8. The summed E-state index contributed by atoms with van der Waals surface area (Å²) in [6, 6.07) is 8.34. The first-order chi connectivity index (χ1) is 18.5. The van der Waals surface area contributed by atoms with Gasteiger partial charge in [-0.3, -0.25) is 5.32 Å². The highest BCUT2D eigenvalue weighted by molar-refractivity contribution is 6.04. The van der Waals surface area contributed by atoms with Crippen LogP contribution in [0.2, 0.25) is 0 Å². The number of amides is 1. The molecule has 0 aliphatic rings. The van der Waals surface area contributed by atoms with E-state index in [2.05, 4.69) is 10.4 Å². The monoisotopic (exact) mass is 537 g/mol. The molecule has 39 heavy (non-hydrogen) atoms. The van der Waals surface area contributed by atoms with Gasteiger partial charge in [0, 0.05) is 12.7 Å². The van der Waals surface area contributed by atoms with Gasteiger partial charge >= 0.3 is 12.1 Å². The summed E-state index contributed by atoms with van der Waals surface area (Å²) in [7, 11) is 2.80. The third-order valence-corrected chi connectivity index (χ3v) is 6.19. The zero-order valence-corrected chi connectivity index (χ0v) is 23.1. The molecule has 2 heterocycles. The lowest BCUT2D eigenvalue weighted by Crippen LogP contribution is -2.27. The number of hydrogen-bond acceptors (Lipinski definition) is 7. The van der Waals surface area contributed by atoms with E-state index < -0.39 is 17.7 Å². The number of anilines is 1. The Morgan fingerprint density at radius 3 is 2.51 bits per heavy atom. The number of nitrogens with one attached hydrogen (secondary N) is 1. The Morgan fingerprint density at radius 1 is 1.13 bits per heavy atom. The van der Waals surface area contributed by atoms with Gasteiger partial charge in [0.2, 0.25) is 0 Å². The number of halogens is 1. The van der Waals surface area contributed by atoms with Gasteiger partial charge in [0.15, 0.2) is 6.79 Å². The molecule has 1 amide bonds. The highest BCUT2D eigenvalue weighted by Crippen LogP contribution is 2.40. The smallest absolute Gasteiger partial charge is 0.412 e. The fourth-order valence-corrected chi connectivity index (χ4v) is 4.56. The SMILES string of the molecule is CCc1c(F)ccc2cc(OCOC)cc(-c3c(C)c(NC(=O)OC(C)(C)C)cc4c(C(=O)OC)cnn34)c12. The zero-order chi connectivity index (χ0) is 28.5. The van der Waals surface area contributed by atoms with E-state index >= 15 is 4.39 Å². The van der Waals surface area contributed by atoms with E-state index in [4.69, 9.17) is 18.9 Å². The summed E-state index contributed by atoms with van der Waals surface area (Å²) >= 11 is 0. The number of esters is 1. The number of aryl methyl sites for hydroxylation is 1. The summed E-state index contributed by atoms with van der Waals surface area (Å²) in [5.41, 5.74) is 2.51. The number of benzene rings is 2. The number of rotatable bonds is 7. The second-order valence-corrected chi connectivity index (χ2v) is 10.0. The molecular weight excluding hydrogens is 505 g/mol. The molecule has 0 unspecified atom stereocenters. The molecule has 0 aliphatic carbocycles. The molecule has 0 spiro atoms. The van der Waals surface area contributed by atoms with Crippen LogP contribution in [0.1, 0.15) is 49.2 Å². The molecule has 0 atom stereocenters. The van der Waals surface area contributed by atoms with Crippen LogP contribution in [0.15, 0.2) is 36.5 Å². The zero-order valence-electron chi connectivity index (χ0n) is 23.1. The first-order valence-electron chi connectivity index (χ1n) is 12.5. The van der Waals surface area contributed by atoms with Gasteiger partial charge < -0.3 is 18.9 Å². The molecule has 0 radical (unpaired) electrons. The normalized spacial score (nSPS) is 11.6. The van der Waals surface area contributed by atoms with Crippen molar-refractivity contribution in [2.75, 3.05) is 26.3 Å². The maximum Gasteiger partial charge on any atom is 0.412 e. The molecule has 10 heteroatoms. The fraction of sp³-hybridized carbons (Fsp3) is 0.345. The summed E-state index contributed by atoms with van der Waals surface area (Å²) in [6.45, 7) is 8.98. The van der Waals surface area contributed by atoms with Crippen LogP contribution in [0.3, 0.4) is 0 Å². The number of aromatic nitrogens is 2. The van der Waals surface area contributed by atoms with Gasteiger partial charge in [0.25, 0.3) is 0 Å². The lowest BCUT2D eigenvalue weighted by Gasteiger charge is -2.22. The Balaban J connectivity index is 2.09. The average Bonchev–Trinajstić information content (AvgIpc) is 3.29. The fourth-order valence-electron chi connectivity index (χ4n) is 4.56. The highest BCUT2D eigenvalue weighted by Gasteiger charge is 2.25. The highest BCUT2D eigenvalue weighted by atomic mass is 19.1. The molecule has 0 bridgehead atoms. The molecule has 206 valence electrons. The quantitative estimate of drug-likeness (QED) is 0.219. The van der Waals surface area contributed by atoms with Crippen LogP contribution in [0.25, 0.3) is 27.5 Å². The maximum atomic E-state index is 15.1. The van der Waals surface area contributed by atoms with Crippen LogP contribution in [0.5, 0.6) is 5.75 Å². The topological polar surface area (TPSA) is 100 Å². The van der Waals surface area contributed by atoms with Gasteiger partial charge in [-0.05, 0) is 80.3 Å². The summed E-state index contributed by atoms with van der Waals surface area (Å²) in [5.74, 6) is -0.443. The van der Waals surface area contributed by atoms with E-state index in [1.807, 2.05) is 13.0 Å². The molecular formula is C29H32FN3O6. The van der Waals surface area contributed by atoms with Crippen molar-refractivity contribution < 1.29 is 32.9 Å². The van der Waals surface area contributed by atoms with Crippen molar-refractivity contribution in [2.24, 2.45) is 0 Å². The van der Waals surface area contributed by atoms with Crippen LogP contribution in [0, 0.1) is 12.7 Å². The van der Waals surface area contributed by atoms with Gasteiger partial charge in [-0.2, -0.15) is 5.10 Å². The molecule has 4 aromatic rings. The minimum absolute atomic E-state index is 0.00959. The van der Waals surface area contributed by atoms with Gasteiger partial charge in [-0.25, -0.2) is 18.5 Å². The second kappa shape index (κ2) is 10.9. The maximum absolute atomic E-state index is 15.1. The first-order valence-corrected chi connectivity index (χ1v) is 12.5. The predicted molar refractivity (Wildman–Crippen MR) is 146 cm³/mol. The molecule has 9 nitrogen and oxygen atoms in total. The van der Waals surface area contributed by atoms with E-state index in [-0.39, 0.29) is 18.2 Å². The molecule has 0 saturated heterocycles. The van der Waals surface area contributed by atoms with E-state index in [9.17, 15) is 9.59 Å². The lowest BCUT2D eigenvalue weighted by molar-refractivity contribution is 0.0512. The van der Waals surface area contributed by atoms with Crippen molar-refractivity contribution in [3.05, 3.63) is 59.0 Å². The summed E-state index contributed by atoms with van der Waals surface area (Å²) in [6.07, 6.45) is 1.16. The van der Waals surface area contributed by atoms with Gasteiger partial charge in [-0.1, -0.05) is 13.0 Å². The molecule has 4 rings (SSSR count). The van der Waals surface area contributed by atoms with Crippen molar-refractivity contribution in [2.45, 2.75) is 46.6 Å². The number of fused-ring (bicyclic) bond motifs is 2. The van der Waals surface area contributed by atoms with Crippen LogP contribution in [-0.4, -0.2) is 48.3 Å². The number of nitrogens with zero attached hydrogens (tertiary/aromatic N) is 2. The largest absolute Gasteiger partial charge is 0.468 e. The number of methoxy groups -OCH3 is 2. The minimum atomic E-state index is -0.727. The van der Waals surface area contributed by atoms with Crippen molar-refractivity contribution in [1.29, 1.82) is 0 Å². The van der Waals surface area contributed by atoms with Crippen LogP contribution in [-0.2, 0) is 20.6 Å². The van der Waals surface area contributed by atoms with Crippen LogP contribution < -0.4 is 10.1 Å². The third-order valence-electron chi connectivity index (χ3n) is 6.19. The Kier molecular flexibility index (Phi) is 7.78. The second-order valence-electron chi connectivity index (χ2n) is 10.0. The van der Waals surface area contributed by atoms with E-state index in [0.29, 0.717) is 51.1 Å². The minimum Gasteiger partial charge on any atom is -0.468 e. The Labute approximate surface area is 225 Å². The number of carbonyl (C=O) groups is 2. The van der Waals surface area contributed by atoms with E-state index in [1.54, 1.807) is 50.4 Å². The number of ether oxygens (including phenoxy) is 4. The van der Waals surface area contributed by atoms with E-state index in [0.717, 1.165) is 5.39 Å². The average molecular weight is 538 g/mol. The predicted octanol–water partition coefficient (Wildman–Crippen LogP) is 6.28. The molecule has 0 aliphatic heterocycles. The van der Waals surface area contributed by atoms with Gasteiger partial charge in [0.05, 0.1) is 30.2 Å². The Bertz CT molecular complexity index is 1570. The molecule has 2 aromatic carbocycles. The number of carbonyl (C=O) groups excluding carboxylic acids is 2. The third kappa shape index (κ3) is 5.51. The van der Waals surface area contributed by atoms with Gasteiger partial charge in [0.1, 0.15) is 22.7 Å². The standard InChI is InChI=1S/C29H32FN3O6/c1-8-19-22(30)10-9-17-11-18(38-15-36-6)12-20(25(17)19)26-16(2)23(32-28(35)39-29(3,4)5)13-24-21(27(34)37-7)14-31-33(24)26/h9-14H,8,15H2,1-7H3,(H,32,35). The van der Waals surface area contributed by atoms with Crippen molar-refractivity contribution in [1.82, 2.24) is 9.61 Å². The van der Waals surface area contributed by atoms with Crippen molar-refractivity contribution >= 4 is 34.0 Å². The summed E-state index contributed by atoms with van der Waals surface area (Å²) < 4.78 is 38.0. The molecule has 0 fully saturated rings. The summed E-state index contributed by atoms with van der Waals surface area (Å²) in [5, 5.41) is 8.70. The van der Waals surface area contributed by atoms with Crippen molar-refractivity contribution in [3.8, 4) is 17.0 Å². The summed E-state index contributed by atoms with van der Waals surface area (Å²) in [4.78, 5) is 25.4. The Morgan fingerprint density at radius 2 is 1.87 bits per heavy atom. The van der Waals surface area contributed by atoms with Crippen LogP contribution in [0.4, 0.5) is 14.9 Å². The number of hydrogen-bond donors (Lipinski definition) is 1. The van der Waals surface area contributed by atoms with Crippen LogP contribution >= 0.6 is 0 Å². The number of pyridine rings is 1. The van der Waals surface area contributed by atoms with E-state index in [1.165, 1.54) is 26.5 Å². The van der Waals surface area contributed by atoms with Gasteiger partial charge in [-0.15, -0.1) is 0 Å². The molecule has 2 aromatic heterocycles. The Hall–Kier alpha value is -4.18. The molecule has 1 N–H and O–H groups in total. The van der Waals surface area contributed by atoms with Crippen molar-refractivity contribution in [3.63, 3.8) is 0 Å².